The minimum absolute atomic E-state index is 0.419. The molecule has 0 aromatic carbocycles. The summed E-state index contributed by atoms with van der Waals surface area (Å²) in [6, 6.07) is 3.94. The highest BCUT2D eigenvalue weighted by Gasteiger charge is 2.51. The van der Waals surface area contributed by atoms with Crippen LogP contribution in [-0.2, 0) is 6.42 Å². The zero-order chi connectivity index (χ0) is 9.31. The van der Waals surface area contributed by atoms with Crippen LogP contribution in [-0.4, -0.2) is 15.7 Å². The first kappa shape index (κ1) is 8.70. The average Bonchev–Trinajstić information content (AvgIpc) is 2.78. The molecule has 0 amide bonds. The van der Waals surface area contributed by atoms with Crippen molar-refractivity contribution in [3.8, 4) is 0 Å². The van der Waals surface area contributed by atoms with Gasteiger partial charge in [-0.15, -0.1) is 0 Å². The quantitative estimate of drug-likeness (QED) is 0.763. The first-order valence-electron chi connectivity index (χ1n) is 4.86. The number of hydrogen-bond acceptors (Lipinski definition) is 2. The second-order valence-electron chi connectivity index (χ2n) is 3.95. The lowest BCUT2D eigenvalue weighted by molar-refractivity contribution is 0.130. The van der Waals surface area contributed by atoms with E-state index in [0.29, 0.717) is 5.92 Å². The second kappa shape index (κ2) is 3.11. The van der Waals surface area contributed by atoms with Crippen LogP contribution in [0.5, 0.6) is 0 Å². The number of rotatable bonds is 3. The zero-order valence-electron chi connectivity index (χ0n) is 7.90. The predicted molar refractivity (Wildman–Crippen MR) is 51.3 cm³/mol. The Bertz CT molecular complexity index is 285. The van der Waals surface area contributed by atoms with E-state index in [-0.39, 0.29) is 0 Å². The Kier molecular flexibility index (Phi) is 2.08. The van der Waals surface area contributed by atoms with Crippen molar-refractivity contribution in [2.75, 3.05) is 0 Å². The molecule has 2 nitrogen and oxygen atoms in total. The first-order chi connectivity index (χ1) is 6.24. The Labute approximate surface area is 78.6 Å². The van der Waals surface area contributed by atoms with Crippen molar-refractivity contribution < 1.29 is 5.11 Å². The number of hydrogen-bond donors (Lipinski definition) is 1. The van der Waals surface area contributed by atoms with Crippen LogP contribution in [0.1, 0.15) is 25.3 Å². The molecule has 0 bridgehead atoms. The monoisotopic (exact) mass is 177 g/mol. The van der Waals surface area contributed by atoms with Crippen molar-refractivity contribution >= 4 is 0 Å². The summed E-state index contributed by atoms with van der Waals surface area (Å²) in [6.07, 6.45) is 6.40. The summed E-state index contributed by atoms with van der Waals surface area (Å²) >= 11 is 0. The van der Waals surface area contributed by atoms with Gasteiger partial charge in [-0.2, -0.15) is 0 Å². The Morgan fingerprint density at radius 2 is 2.54 bits per heavy atom. The molecule has 70 valence electrons. The summed E-state index contributed by atoms with van der Waals surface area (Å²) in [5.41, 5.74) is 0.721. The van der Waals surface area contributed by atoms with Gasteiger partial charge in [0.1, 0.15) is 0 Å². The third-order valence-electron chi connectivity index (χ3n) is 2.93. The fraction of sp³-hybridized carbons (Fsp3) is 0.545. The lowest BCUT2D eigenvalue weighted by Crippen LogP contribution is -2.14. The van der Waals surface area contributed by atoms with E-state index >= 15 is 0 Å². The van der Waals surface area contributed by atoms with E-state index in [4.69, 9.17) is 0 Å². The van der Waals surface area contributed by atoms with Crippen LogP contribution in [0.2, 0.25) is 0 Å². The molecule has 1 aromatic heterocycles. The third kappa shape index (κ3) is 1.73. The van der Waals surface area contributed by atoms with Crippen LogP contribution >= 0.6 is 0 Å². The van der Waals surface area contributed by atoms with E-state index in [2.05, 4.69) is 11.9 Å². The highest BCUT2D eigenvalue weighted by Crippen LogP contribution is 2.47. The molecule has 1 saturated carbocycles. The van der Waals surface area contributed by atoms with Crippen LogP contribution in [0.3, 0.4) is 0 Å². The Morgan fingerprint density at radius 3 is 3.08 bits per heavy atom. The maximum absolute atomic E-state index is 10.0. The molecule has 1 aromatic rings. The van der Waals surface area contributed by atoms with Gasteiger partial charge in [-0.3, -0.25) is 4.98 Å². The lowest BCUT2D eigenvalue weighted by atomic mass is 10.1. The van der Waals surface area contributed by atoms with Gasteiger partial charge in [-0.05, 0) is 24.0 Å². The van der Waals surface area contributed by atoms with E-state index in [1.54, 1.807) is 6.20 Å². The smallest absolute Gasteiger partial charge is 0.0721 e. The number of aromatic nitrogens is 1. The van der Waals surface area contributed by atoms with Crippen molar-refractivity contribution in [1.82, 2.24) is 4.98 Å². The highest BCUT2D eigenvalue weighted by molar-refractivity contribution is 5.17. The molecule has 1 heterocycles. The van der Waals surface area contributed by atoms with Gasteiger partial charge >= 0.3 is 0 Å². The summed E-state index contributed by atoms with van der Waals surface area (Å²) in [6.45, 7) is 2.13. The van der Waals surface area contributed by atoms with Crippen LogP contribution in [0.4, 0.5) is 0 Å². The molecule has 13 heavy (non-hydrogen) atoms. The van der Waals surface area contributed by atoms with Gasteiger partial charge in [0.2, 0.25) is 0 Å². The molecule has 0 aliphatic heterocycles. The summed E-state index contributed by atoms with van der Waals surface area (Å²) in [4.78, 5) is 4.04. The largest absolute Gasteiger partial charge is 0.389 e. The van der Waals surface area contributed by atoms with Crippen molar-refractivity contribution in [2.24, 2.45) is 5.92 Å². The van der Waals surface area contributed by atoms with E-state index < -0.39 is 5.60 Å². The zero-order valence-corrected chi connectivity index (χ0v) is 7.90. The topological polar surface area (TPSA) is 33.1 Å². The minimum Gasteiger partial charge on any atom is -0.389 e. The number of nitrogens with zero attached hydrogens (tertiary/aromatic N) is 1. The first-order valence-corrected chi connectivity index (χ1v) is 4.86. The normalized spacial score (nSPS) is 31.7. The predicted octanol–water partition coefficient (Wildman–Crippen LogP) is 1.79. The van der Waals surface area contributed by atoms with Crippen LogP contribution in [0, 0.1) is 5.92 Å². The molecular weight excluding hydrogens is 162 g/mol. The summed E-state index contributed by atoms with van der Waals surface area (Å²) in [5, 5.41) is 10.0. The third-order valence-corrected chi connectivity index (χ3v) is 2.93. The Morgan fingerprint density at radius 1 is 1.69 bits per heavy atom. The Balaban J connectivity index is 2.00. The standard InChI is InChI=1S/C11H15NO/c1-2-10-7-11(10,13)6-9-4-3-5-12-8-9/h3-5,8,10,13H,2,6-7H2,1H3. The maximum Gasteiger partial charge on any atom is 0.0721 e. The SMILES string of the molecule is CCC1CC1(O)Cc1cccnc1. The van der Waals surface area contributed by atoms with Gasteiger partial charge in [0.15, 0.2) is 0 Å². The summed E-state index contributed by atoms with van der Waals surface area (Å²) < 4.78 is 0. The van der Waals surface area contributed by atoms with Crippen LogP contribution in [0.15, 0.2) is 24.5 Å². The fourth-order valence-electron chi connectivity index (χ4n) is 1.96. The number of pyridine rings is 1. The van der Waals surface area contributed by atoms with Gasteiger partial charge in [0, 0.05) is 18.8 Å². The fourth-order valence-corrected chi connectivity index (χ4v) is 1.96. The van der Waals surface area contributed by atoms with Crippen LogP contribution in [0.25, 0.3) is 0 Å². The Hall–Kier alpha value is -0.890. The number of aliphatic hydroxyl groups is 1. The van der Waals surface area contributed by atoms with E-state index in [0.717, 1.165) is 24.8 Å². The lowest BCUT2D eigenvalue weighted by Gasteiger charge is -2.08. The minimum atomic E-state index is -0.419. The molecular formula is C11H15NO. The maximum atomic E-state index is 10.0. The van der Waals surface area contributed by atoms with Crippen LogP contribution < -0.4 is 0 Å². The molecule has 1 N–H and O–H groups in total. The van der Waals surface area contributed by atoms with Gasteiger partial charge in [0.25, 0.3) is 0 Å². The molecule has 1 aliphatic carbocycles. The molecule has 1 fully saturated rings. The van der Waals surface area contributed by atoms with Gasteiger partial charge < -0.3 is 5.11 Å². The van der Waals surface area contributed by atoms with Gasteiger partial charge in [-0.25, -0.2) is 0 Å². The van der Waals surface area contributed by atoms with Gasteiger partial charge in [0.05, 0.1) is 5.60 Å². The van der Waals surface area contributed by atoms with Gasteiger partial charge in [-0.1, -0.05) is 19.4 Å². The molecule has 2 unspecified atom stereocenters. The molecule has 2 heteroatoms. The molecule has 0 spiro atoms. The van der Waals surface area contributed by atoms with E-state index in [1.165, 1.54) is 0 Å². The second-order valence-corrected chi connectivity index (χ2v) is 3.95. The van der Waals surface area contributed by atoms with Crippen molar-refractivity contribution in [3.05, 3.63) is 30.1 Å². The molecule has 0 radical (unpaired) electrons. The summed E-state index contributed by atoms with van der Waals surface area (Å²) in [7, 11) is 0. The molecule has 0 saturated heterocycles. The van der Waals surface area contributed by atoms with Crippen molar-refractivity contribution in [2.45, 2.75) is 31.8 Å². The average molecular weight is 177 g/mol. The molecule has 2 atom stereocenters. The summed E-state index contributed by atoms with van der Waals surface area (Å²) in [5.74, 6) is 0.507. The molecule has 2 rings (SSSR count). The van der Waals surface area contributed by atoms with E-state index in [1.807, 2.05) is 18.3 Å². The van der Waals surface area contributed by atoms with Crippen molar-refractivity contribution in [3.63, 3.8) is 0 Å². The van der Waals surface area contributed by atoms with Crippen molar-refractivity contribution in [1.29, 1.82) is 0 Å². The molecule has 1 aliphatic rings. The van der Waals surface area contributed by atoms with E-state index in [9.17, 15) is 5.11 Å². The highest BCUT2D eigenvalue weighted by atomic mass is 16.3.